The predicted molar refractivity (Wildman–Crippen MR) is 90.9 cm³/mol. The summed E-state index contributed by atoms with van der Waals surface area (Å²) in [6.07, 6.45) is 6.91. The third-order valence-electron chi connectivity index (χ3n) is 1.94. The molecule has 0 saturated heterocycles. The van der Waals surface area contributed by atoms with Gasteiger partial charge in [0, 0.05) is 8.77 Å². The van der Waals surface area contributed by atoms with Crippen LogP contribution in [0.25, 0.3) is 0 Å². The van der Waals surface area contributed by atoms with Crippen LogP contribution < -0.4 is 0 Å². The van der Waals surface area contributed by atoms with E-state index in [1.807, 2.05) is 0 Å². The van der Waals surface area contributed by atoms with Crippen LogP contribution in [0, 0.1) is 0 Å². The maximum absolute atomic E-state index is 4.89. The Morgan fingerprint density at radius 1 is 0.789 bits per heavy atom. The zero-order chi connectivity index (χ0) is 14.2. The summed E-state index contributed by atoms with van der Waals surface area (Å²) in [5.74, 6) is 0. The molecule has 0 aliphatic carbocycles. The van der Waals surface area contributed by atoms with Crippen LogP contribution in [0.3, 0.4) is 0 Å². The van der Waals surface area contributed by atoms with Gasteiger partial charge in [-0.3, -0.25) is 0 Å². The fourth-order valence-corrected chi connectivity index (χ4v) is 1.35. The van der Waals surface area contributed by atoms with Gasteiger partial charge in [0.2, 0.25) is 0 Å². The smallest absolute Gasteiger partial charge is 0.514 e. The number of hydrogen-bond donors (Lipinski definition) is 0. The van der Waals surface area contributed by atoms with E-state index in [0.29, 0.717) is 13.2 Å². The third kappa shape index (κ3) is 32.4. The Bertz CT molecular complexity index is 194. The molecule has 0 unspecified atom stereocenters. The summed E-state index contributed by atoms with van der Waals surface area (Å²) >= 11 is 18.2. The molecular weight excluding hydrogens is 368 g/mol. The van der Waals surface area contributed by atoms with Gasteiger partial charge in [-0.2, -0.15) is 0 Å². The zero-order valence-corrected chi connectivity index (χ0v) is 15.6. The molecule has 0 aliphatic heterocycles. The second-order valence-corrected chi connectivity index (χ2v) is 5.61. The van der Waals surface area contributed by atoms with Gasteiger partial charge in [-0.15, -0.1) is 0 Å². The van der Waals surface area contributed by atoms with Gasteiger partial charge in [0.1, 0.15) is 0 Å². The van der Waals surface area contributed by atoms with Crippen molar-refractivity contribution in [1.29, 1.82) is 0 Å². The molecule has 0 atom stereocenters. The first-order valence-corrected chi connectivity index (χ1v) is 7.85. The fourth-order valence-electron chi connectivity index (χ4n) is 1.02. The monoisotopic (exact) mass is 389 g/mol. The summed E-state index contributed by atoms with van der Waals surface area (Å²) in [6.45, 7) is 5.67. The van der Waals surface area contributed by atoms with Crippen LogP contribution in [-0.2, 0) is 51.8 Å². The summed E-state index contributed by atoms with van der Waals surface area (Å²) in [6, 6.07) is 0. The summed E-state index contributed by atoms with van der Waals surface area (Å²) < 4.78 is 10.3. The minimum absolute atomic E-state index is 0. The van der Waals surface area contributed by atoms with Crippen LogP contribution in [0.15, 0.2) is 0 Å². The van der Waals surface area contributed by atoms with Gasteiger partial charge in [0.15, 0.2) is 0 Å². The number of unbranched alkanes of at least 4 members (excludes halogenated alkanes) is 4. The molecule has 0 aromatic heterocycles. The average Bonchev–Trinajstić information content (AvgIpc) is 2.31. The van der Waals surface area contributed by atoms with E-state index >= 15 is 0 Å². The number of thiocarbonyl (C=S) groups is 2. The Labute approximate surface area is 150 Å². The van der Waals surface area contributed by atoms with E-state index in [0.717, 1.165) is 12.8 Å². The van der Waals surface area contributed by atoms with E-state index in [4.69, 9.17) is 9.47 Å². The van der Waals surface area contributed by atoms with E-state index in [-0.39, 0.29) is 25.8 Å². The van der Waals surface area contributed by atoms with Gasteiger partial charge in [-0.25, -0.2) is 0 Å². The van der Waals surface area contributed by atoms with Crippen molar-refractivity contribution >= 4 is 58.5 Å². The Hall–Kier alpha value is 0.739. The Kier molecular flexibility index (Phi) is 27.4. The van der Waals surface area contributed by atoms with Crippen LogP contribution in [0.5, 0.6) is 0 Å². The van der Waals surface area contributed by atoms with Crippen LogP contribution >= 0.6 is 24.4 Å². The van der Waals surface area contributed by atoms with Crippen molar-refractivity contribution < 1.29 is 26.5 Å². The maximum Gasteiger partial charge on any atom is 2.00 e. The van der Waals surface area contributed by atoms with E-state index in [1.54, 1.807) is 0 Å². The van der Waals surface area contributed by atoms with Crippen molar-refractivity contribution in [3.8, 4) is 0 Å². The van der Waals surface area contributed by atoms with Crippen molar-refractivity contribution in [3.05, 3.63) is 0 Å². The minimum atomic E-state index is 0. The zero-order valence-electron chi connectivity index (χ0n) is 11.4. The molecule has 0 amide bonds. The molecule has 0 aliphatic rings. The average molecular weight is 390 g/mol. The van der Waals surface area contributed by atoms with Crippen molar-refractivity contribution in [2.24, 2.45) is 0 Å². The molecule has 0 fully saturated rings. The molecule has 0 aromatic rings. The predicted octanol–water partition coefficient (Wildman–Crippen LogP) is 4.05. The van der Waals surface area contributed by atoms with Gasteiger partial charge in [0.25, 0.3) is 0 Å². The van der Waals surface area contributed by atoms with Gasteiger partial charge in [-0.05, 0) is 12.8 Å². The van der Waals surface area contributed by atoms with E-state index in [9.17, 15) is 0 Å². The van der Waals surface area contributed by atoms with Crippen molar-refractivity contribution in [2.75, 3.05) is 13.2 Å². The molecule has 117 valence electrons. The van der Waals surface area contributed by atoms with Gasteiger partial charge >= 0.3 is 17.1 Å². The number of rotatable bonds is 8. The fraction of sp³-hybridized carbons (Fsp3) is 0.833. The van der Waals surface area contributed by atoms with Crippen LogP contribution in [0.1, 0.15) is 52.4 Å². The third-order valence-corrected chi connectivity index (χ3v) is 2.41. The SMILES string of the molecule is CCCCCOC(=S)[S-].CCCCCOC(=S)[S-].[Cu+2]. The first-order valence-electron chi connectivity index (χ1n) is 6.22. The van der Waals surface area contributed by atoms with Crippen LogP contribution in [0.2, 0.25) is 0 Å². The summed E-state index contributed by atoms with van der Waals surface area (Å²) in [4.78, 5) is 0. The second-order valence-electron chi connectivity index (χ2n) is 3.61. The van der Waals surface area contributed by atoms with Gasteiger partial charge < -0.3 is 59.2 Å². The van der Waals surface area contributed by atoms with Gasteiger partial charge in [0.05, 0.1) is 13.2 Å². The minimum Gasteiger partial charge on any atom is -0.514 e. The summed E-state index contributed by atoms with van der Waals surface area (Å²) in [7, 11) is 0. The standard InChI is InChI=1S/2C6H12OS2.Cu/c2*1-2-3-4-5-7-6(8)9;/h2*2-5H2,1H3,(H,8,9);/q;;+2/p-2. The number of hydrogen-bond acceptors (Lipinski definition) is 6. The number of ether oxygens (including phenoxy) is 2. The van der Waals surface area contributed by atoms with Gasteiger partial charge in [-0.1, -0.05) is 39.5 Å². The Balaban J connectivity index is -0.000000256. The molecular formula is C12H22CuO2S4. The molecule has 0 N–H and O–H groups in total. The molecule has 19 heavy (non-hydrogen) atoms. The molecule has 1 radical (unpaired) electrons. The van der Waals surface area contributed by atoms with Crippen molar-refractivity contribution in [3.63, 3.8) is 0 Å². The molecule has 0 aromatic carbocycles. The summed E-state index contributed by atoms with van der Waals surface area (Å²) in [5.41, 5.74) is 0. The topological polar surface area (TPSA) is 18.5 Å². The maximum atomic E-state index is 4.89. The van der Waals surface area contributed by atoms with E-state index < -0.39 is 0 Å². The van der Waals surface area contributed by atoms with Crippen molar-refractivity contribution in [1.82, 2.24) is 0 Å². The first kappa shape index (κ1) is 24.7. The molecule has 0 saturated carbocycles. The molecule has 7 heteroatoms. The molecule has 0 heterocycles. The second kappa shape index (κ2) is 21.0. The van der Waals surface area contributed by atoms with E-state index in [2.05, 4.69) is 63.5 Å². The Morgan fingerprint density at radius 3 is 1.32 bits per heavy atom. The first-order chi connectivity index (χ1) is 8.54. The van der Waals surface area contributed by atoms with E-state index in [1.165, 1.54) is 25.7 Å². The normalized spacial score (nSPS) is 8.53. The molecule has 2 nitrogen and oxygen atoms in total. The van der Waals surface area contributed by atoms with Crippen LogP contribution in [0.4, 0.5) is 0 Å². The van der Waals surface area contributed by atoms with Crippen molar-refractivity contribution in [2.45, 2.75) is 52.4 Å². The molecule has 0 rings (SSSR count). The Morgan fingerprint density at radius 2 is 1.11 bits per heavy atom. The summed E-state index contributed by atoms with van der Waals surface area (Å²) in [5, 5.41) is 0. The quantitative estimate of drug-likeness (QED) is 0.268. The largest absolute Gasteiger partial charge is 2.00 e. The van der Waals surface area contributed by atoms with Crippen LogP contribution in [-0.4, -0.2) is 22.0 Å². The molecule has 0 spiro atoms. The molecule has 0 bridgehead atoms.